The molecule has 0 heterocycles. The summed E-state index contributed by atoms with van der Waals surface area (Å²) in [6, 6.07) is 2.36. The van der Waals surface area contributed by atoms with Crippen molar-refractivity contribution in [3.63, 3.8) is 0 Å². The molecule has 0 saturated heterocycles. The molecule has 1 aliphatic rings. The highest BCUT2D eigenvalue weighted by molar-refractivity contribution is 5.66. The van der Waals surface area contributed by atoms with E-state index in [4.69, 9.17) is 5.73 Å². The molecular weight excluding hydrogens is 400 g/mol. The Morgan fingerprint density at radius 3 is 2.15 bits per heavy atom. The van der Waals surface area contributed by atoms with E-state index < -0.39 is 0 Å². The van der Waals surface area contributed by atoms with Gasteiger partial charge in [-0.3, -0.25) is 0 Å². The minimum absolute atomic E-state index is 0.749. The van der Waals surface area contributed by atoms with Crippen molar-refractivity contribution < 1.29 is 0 Å². The maximum Gasteiger partial charge on any atom is 0.0960 e. The lowest BCUT2D eigenvalue weighted by Crippen LogP contribution is -2.12. The predicted molar refractivity (Wildman–Crippen MR) is 156 cm³/mol. The molecule has 33 heavy (non-hydrogen) atoms. The Morgan fingerprint density at radius 1 is 1.12 bits per heavy atom. The first kappa shape index (κ1) is 35.6. The number of allylic oxidation sites excluding steroid dienone is 4. The first-order valence-electron chi connectivity index (χ1n) is 13.5. The zero-order valence-corrected chi connectivity index (χ0v) is 24.4. The molecule has 0 fully saturated rings. The summed E-state index contributed by atoms with van der Waals surface area (Å²) in [6.45, 7) is 28.7. The first-order chi connectivity index (χ1) is 15.9. The summed E-state index contributed by atoms with van der Waals surface area (Å²) < 4.78 is 0. The zero-order chi connectivity index (χ0) is 26.4. The number of nitrogens with two attached hydrogens (primary N) is 1. The number of anilines is 1. The van der Waals surface area contributed by atoms with Crippen LogP contribution in [0.15, 0.2) is 42.3 Å². The van der Waals surface area contributed by atoms with E-state index in [1.807, 2.05) is 60.6 Å². The molecule has 0 aliphatic heterocycles. The van der Waals surface area contributed by atoms with Crippen LogP contribution in [0.5, 0.6) is 0 Å². The molecule has 1 unspecified atom stereocenters. The van der Waals surface area contributed by atoms with Crippen molar-refractivity contribution in [3.8, 4) is 0 Å². The lowest BCUT2D eigenvalue weighted by molar-refractivity contribution is 0.571. The Kier molecular flexibility index (Phi) is 25.1. The van der Waals surface area contributed by atoms with Gasteiger partial charge in [0.2, 0.25) is 0 Å². The number of nitrogens with one attached hydrogen (secondary N) is 1. The number of hydrogen-bond acceptors (Lipinski definition) is 2. The van der Waals surface area contributed by atoms with Crippen LogP contribution in [-0.4, -0.2) is 0 Å². The minimum Gasteiger partial charge on any atom is -0.386 e. The third-order valence-corrected chi connectivity index (χ3v) is 5.53. The molecule has 1 atom stereocenters. The average Bonchev–Trinajstić information content (AvgIpc) is 3.34. The predicted octanol–water partition coefficient (Wildman–Crippen LogP) is 9.91. The van der Waals surface area contributed by atoms with Crippen LogP contribution in [0, 0.1) is 12.8 Å². The van der Waals surface area contributed by atoms with E-state index in [0.29, 0.717) is 0 Å². The molecule has 0 amide bonds. The average molecular weight is 459 g/mol. The largest absolute Gasteiger partial charge is 0.386 e. The zero-order valence-electron chi connectivity index (χ0n) is 24.4. The van der Waals surface area contributed by atoms with Crippen LogP contribution in [-0.2, 0) is 19.3 Å². The summed E-state index contributed by atoms with van der Waals surface area (Å²) >= 11 is 0. The smallest absolute Gasteiger partial charge is 0.0960 e. The van der Waals surface area contributed by atoms with Gasteiger partial charge in [0, 0.05) is 5.69 Å². The Balaban J connectivity index is -0.000000484. The molecule has 192 valence electrons. The van der Waals surface area contributed by atoms with Crippen LogP contribution in [0.25, 0.3) is 0 Å². The van der Waals surface area contributed by atoms with Gasteiger partial charge in [0.1, 0.15) is 0 Å². The summed E-state index contributed by atoms with van der Waals surface area (Å²) in [7, 11) is 0. The molecule has 0 spiro atoms. The molecule has 1 aliphatic carbocycles. The number of benzene rings is 1. The van der Waals surface area contributed by atoms with E-state index in [1.165, 1.54) is 65.6 Å². The van der Waals surface area contributed by atoms with Gasteiger partial charge in [-0.1, -0.05) is 99.1 Å². The van der Waals surface area contributed by atoms with Gasteiger partial charge in [0.05, 0.1) is 5.82 Å². The molecule has 0 saturated carbocycles. The molecule has 2 nitrogen and oxygen atoms in total. The van der Waals surface area contributed by atoms with Crippen molar-refractivity contribution in [2.75, 3.05) is 5.32 Å². The monoisotopic (exact) mass is 458 g/mol. The van der Waals surface area contributed by atoms with Crippen LogP contribution < -0.4 is 11.1 Å². The van der Waals surface area contributed by atoms with Crippen molar-refractivity contribution in [2.24, 2.45) is 11.7 Å². The van der Waals surface area contributed by atoms with Crippen molar-refractivity contribution >= 4 is 5.69 Å². The fourth-order valence-electron chi connectivity index (χ4n) is 3.40. The van der Waals surface area contributed by atoms with Gasteiger partial charge in [0.15, 0.2) is 0 Å². The summed E-state index contributed by atoms with van der Waals surface area (Å²) in [5.41, 5.74) is 14.3. The molecule has 3 N–H and O–H groups in total. The Labute approximate surface area is 208 Å². The van der Waals surface area contributed by atoms with Crippen LogP contribution in [0.1, 0.15) is 118 Å². The molecule has 2 heteroatoms. The Hall–Kier alpha value is -1.96. The second kappa shape index (κ2) is 23.2. The van der Waals surface area contributed by atoms with Gasteiger partial charge < -0.3 is 11.1 Å². The lowest BCUT2D eigenvalue weighted by Gasteiger charge is -2.18. The number of rotatable bonds is 7. The number of hydrogen-bond donors (Lipinski definition) is 2. The fourth-order valence-corrected chi connectivity index (χ4v) is 3.40. The maximum atomic E-state index is 5.92. The molecule has 0 radical (unpaired) electrons. The molecule has 0 aromatic heterocycles. The summed E-state index contributed by atoms with van der Waals surface area (Å²) in [6.07, 6.45) is 13.2. The molecule has 0 bridgehead atoms. The SMILES string of the molecule is C/C=C(\N)Nc1c(CC)c(C)cc2c1CCC2.C=C/C(C)=C\CC(C)CC.CC.CC.CC. The lowest BCUT2D eigenvalue weighted by atomic mass is 9.96. The van der Waals surface area contributed by atoms with E-state index in [2.05, 4.69) is 58.7 Å². The van der Waals surface area contributed by atoms with Crippen molar-refractivity contribution in [1.82, 2.24) is 0 Å². The third-order valence-electron chi connectivity index (χ3n) is 5.53. The Morgan fingerprint density at radius 2 is 1.70 bits per heavy atom. The van der Waals surface area contributed by atoms with Gasteiger partial charge in [-0.15, -0.1) is 0 Å². The fraction of sp³-hybridized carbons (Fsp3) is 0.613. The van der Waals surface area contributed by atoms with E-state index in [1.54, 1.807) is 0 Å². The minimum atomic E-state index is 0.749. The normalized spacial score (nSPS) is 12.7. The van der Waals surface area contributed by atoms with Crippen molar-refractivity contribution in [2.45, 2.75) is 122 Å². The highest BCUT2D eigenvalue weighted by Crippen LogP contribution is 2.35. The van der Waals surface area contributed by atoms with Crippen LogP contribution in [0.2, 0.25) is 0 Å². The van der Waals surface area contributed by atoms with E-state index in [-0.39, 0.29) is 0 Å². The van der Waals surface area contributed by atoms with Gasteiger partial charge in [0.25, 0.3) is 0 Å². The first-order valence-corrected chi connectivity index (χ1v) is 13.5. The second-order valence-corrected chi connectivity index (χ2v) is 7.66. The second-order valence-electron chi connectivity index (χ2n) is 7.66. The Bertz CT molecular complexity index is 677. The van der Waals surface area contributed by atoms with E-state index in [9.17, 15) is 0 Å². The van der Waals surface area contributed by atoms with E-state index >= 15 is 0 Å². The molecule has 1 aromatic carbocycles. The number of aryl methyl sites for hydroxylation is 2. The summed E-state index contributed by atoms with van der Waals surface area (Å²) in [5.74, 6) is 1.56. The van der Waals surface area contributed by atoms with Crippen LogP contribution in [0.3, 0.4) is 0 Å². The van der Waals surface area contributed by atoms with Crippen molar-refractivity contribution in [1.29, 1.82) is 0 Å². The van der Waals surface area contributed by atoms with Crippen LogP contribution >= 0.6 is 0 Å². The molecular formula is C31H58N2. The third kappa shape index (κ3) is 14.0. The summed E-state index contributed by atoms with van der Waals surface area (Å²) in [4.78, 5) is 0. The topological polar surface area (TPSA) is 38.0 Å². The van der Waals surface area contributed by atoms with Crippen molar-refractivity contribution in [3.05, 3.63) is 64.5 Å². The highest BCUT2D eigenvalue weighted by Gasteiger charge is 2.19. The van der Waals surface area contributed by atoms with Gasteiger partial charge in [-0.25, -0.2) is 0 Å². The molecule has 2 rings (SSSR count). The standard InChI is InChI=1S/C15H22N2.C10H18.3C2H6/c1-4-12-10(3)9-11-7-6-8-13(11)15(12)17-14(16)5-2;1-5-9(3)7-8-10(4)6-2;3*1-2/h5,9,17H,4,6-8,16H2,1-3H3;5,7,10H,1,6,8H2,2-4H3;3*1-2H3/b14-5+;9-7-;;;. The molecule has 1 aromatic rings. The summed E-state index contributed by atoms with van der Waals surface area (Å²) in [5, 5.41) is 3.39. The quantitative estimate of drug-likeness (QED) is 0.399. The maximum absolute atomic E-state index is 5.92. The number of fused-ring (bicyclic) bond motifs is 1. The van der Waals surface area contributed by atoms with Gasteiger partial charge >= 0.3 is 0 Å². The highest BCUT2D eigenvalue weighted by atomic mass is 15.0. The van der Waals surface area contributed by atoms with E-state index in [0.717, 1.165) is 18.2 Å². The van der Waals surface area contributed by atoms with Gasteiger partial charge in [-0.2, -0.15) is 0 Å². The van der Waals surface area contributed by atoms with Crippen LogP contribution in [0.4, 0.5) is 5.69 Å². The van der Waals surface area contributed by atoms with Gasteiger partial charge in [-0.05, 0) is 87.1 Å².